The van der Waals surface area contributed by atoms with E-state index in [1.54, 1.807) is 43.3 Å². The fourth-order valence-electron chi connectivity index (χ4n) is 4.24. The third-order valence-corrected chi connectivity index (χ3v) is 6.02. The number of ether oxygens (including phenoxy) is 5. The zero-order valence-electron chi connectivity index (χ0n) is 17.3. The monoisotopic (exact) mass is 426 g/mol. The summed E-state index contributed by atoms with van der Waals surface area (Å²) in [6.45, 7) is 1.52. The van der Waals surface area contributed by atoms with Crippen LogP contribution in [0, 0.1) is 0 Å². The number of benzene rings is 2. The Morgan fingerprint density at radius 1 is 1.16 bits per heavy atom. The molecule has 0 saturated carbocycles. The van der Waals surface area contributed by atoms with Crippen molar-refractivity contribution < 1.29 is 38.7 Å². The van der Waals surface area contributed by atoms with E-state index in [-0.39, 0.29) is 24.3 Å². The normalized spacial score (nSPS) is 27.5. The summed E-state index contributed by atoms with van der Waals surface area (Å²) in [7, 11) is 2.97. The first-order valence-electron chi connectivity index (χ1n) is 9.84. The molecule has 0 amide bonds. The minimum absolute atomic E-state index is 0.0350. The molecule has 0 aromatic heterocycles. The van der Waals surface area contributed by atoms with Crippen molar-refractivity contribution in [2.75, 3.05) is 27.4 Å². The van der Waals surface area contributed by atoms with Crippen molar-refractivity contribution in [2.24, 2.45) is 0 Å². The van der Waals surface area contributed by atoms with Gasteiger partial charge >= 0.3 is 0 Å². The molecule has 8 heteroatoms. The van der Waals surface area contributed by atoms with Crippen molar-refractivity contribution in [1.82, 2.24) is 0 Å². The molecule has 2 N–H and O–H groups in total. The molecule has 0 radical (unpaired) electrons. The first kappa shape index (κ1) is 19.7. The Morgan fingerprint density at radius 3 is 2.61 bits per heavy atom. The molecule has 0 spiro atoms. The average Bonchev–Trinajstić information content (AvgIpc) is 2.79. The molecule has 3 atom stereocenters. The number of fused-ring (bicyclic) bond motifs is 6. The van der Waals surface area contributed by atoms with E-state index in [2.05, 4.69) is 0 Å². The van der Waals surface area contributed by atoms with Crippen LogP contribution >= 0.6 is 0 Å². The number of aliphatic hydroxyl groups is 2. The number of hydrogen-bond acceptors (Lipinski definition) is 8. The molecule has 5 rings (SSSR count). The molecular formula is C23H22O8. The second-order valence-electron chi connectivity index (χ2n) is 7.98. The molecule has 0 saturated heterocycles. The molecular weight excluding hydrogens is 404 g/mol. The largest absolute Gasteiger partial charge is 0.493 e. The molecule has 2 aromatic carbocycles. The minimum atomic E-state index is -1.95. The van der Waals surface area contributed by atoms with E-state index >= 15 is 0 Å². The number of carbonyl (C=O) groups excluding carboxylic acids is 1. The van der Waals surface area contributed by atoms with Gasteiger partial charge < -0.3 is 33.9 Å². The maximum atomic E-state index is 13.6. The second kappa shape index (κ2) is 6.63. The predicted octanol–water partition coefficient (Wildman–Crippen LogP) is 2.08. The Balaban J connectivity index is 1.64. The van der Waals surface area contributed by atoms with Crippen LogP contribution in [-0.4, -0.2) is 55.1 Å². The van der Waals surface area contributed by atoms with Crippen LogP contribution in [0.3, 0.4) is 0 Å². The molecule has 3 heterocycles. The van der Waals surface area contributed by atoms with Gasteiger partial charge in [0.1, 0.15) is 29.5 Å². The molecule has 3 aliphatic rings. The van der Waals surface area contributed by atoms with E-state index in [1.807, 2.05) is 0 Å². The van der Waals surface area contributed by atoms with Crippen LogP contribution in [0.5, 0.6) is 28.7 Å². The third-order valence-electron chi connectivity index (χ3n) is 6.02. The molecule has 2 aromatic rings. The van der Waals surface area contributed by atoms with E-state index in [4.69, 9.17) is 23.7 Å². The van der Waals surface area contributed by atoms with Gasteiger partial charge in [-0.05, 0) is 37.3 Å². The lowest BCUT2D eigenvalue weighted by atomic mass is 9.77. The Labute approximate surface area is 178 Å². The van der Waals surface area contributed by atoms with Crippen LogP contribution in [0.2, 0.25) is 0 Å². The first-order chi connectivity index (χ1) is 14.8. The van der Waals surface area contributed by atoms with Crippen molar-refractivity contribution in [2.45, 2.75) is 24.2 Å². The Morgan fingerprint density at radius 2 is 1.90 bits per heavy atom. The maximum absolute atomic E-state index is 13.6. The number of carbonyl (C=O) groups is 1. The van der Waals surface area contributed by atoms with Crippen LogP contribution in [0.25, 0.3) is 6.08 Å². The lowest BCUT2D eigenvalue weighted by Gasteiger charge is -2.44. The maximum Gasteiger partial charge on any atom is 0.206 e. The third kappa shape index (κ3) is 2.65. The molecule has 8 nitrogen and oxygen atoms in total. The molecule has 0 bridgehead atoms. The molecule has 3 aliphatic heterocycles. The highest BCUT2D eigenvalue weighted by Gasteiger charge is 2.56. The standard InChI is InChI=1S/C23H22O8/c1-22(11-24)7-6-12-15(31-22)5-4-13-20(12)30-19-10-29-16-9-18(28-3)17(27-2)8-14(16)23(19,26)21(13)25/h4-9,19,24,26H,10-11H2,1-3H3. The fraction of sp³-hybridized carbons (Fsp3) is 0.348. The van der Waals surface area contributed by atoms with Crippen LogP contribution in [0.15, 0.2) is 30.3 Å². The fourth-order valence-corrected chi connectivity index (χ4v) is 4.24. The van der Waals surface area contributed by atoms with Crippen molar-refractivity contribution in [1.29, 1.82) is 0 Å². The average molecular weight is 426 g/mol. The smallest absolute Gasteiger partial charge is 0.206 e. The molecule has 3 unspecified atom stereocenters. The first-order valence-corrected chi connectivity index (χ1v) is 9.84. The van der Waals surface area contributed by atoms with E-state index in [0.717, 1.165) is 0 Å². The van der Waals surface area contributed by atoms with Crippen molar-refractivity contribution >= 4 is 11.9 Å². The Hall–Kier alpha value is -3.23. The summed E-state index contributed by atoms with van der Waals surface area (Å²) in [4.78, 5) is 13.6. The van der Waals surface area contributed by atoms with Gasteiger partial charge in [0.15, 0.2) is 23.2 Å². The van der Waals surface area contributed by atoms with Crippen LogP contribution in [0.1, 0.15) is 28.4 Å². The van der Waals surface area contributed by atoms with Crippen molar-refractivity contribution in [3.63, 3.8) is 0 Å². The Bertz CT molecular complexity index is 1120. The summed E-state index contributed by atoms with van der Waals surface area (Å²) in [5.74, 6) is 1.43. The summed E-state index contributed by atoms with van der Waals surface area (Å²) >= 11 is 0. The summed E-state index contributed by atoms with van der Waals surface area (Å²) in [6, 6.07) is 6.34. The lowest BCUT2D eigenvalue weighted by Crippen LogP contribution is -2.57. The van der Waals surface area contributed by atoms with Gasteiger partial charge in [0.25, 0.3) is 0 Å². The van der Waals surface area contributed by atoms with Gasteiger partial charge in [0, 0.05) is 11.6 Å². The van der Waals surface area contributed by atoms with E-state index < -0.39 is 23.1 Å². The zero-order valence-corrected chi connectivity index (χ0v) is 17.3. The number of hydrogen-bond donors (Lipinski definition) is 2. The minimum Gasteiger partial charge on any atom is -0.493 e. The number of ketones is 1. The highest BCUT2D eigenvalue weighted by molar-refractivity contribution is 6.08. The van der Waals surface area contributed by atoms with E-state index in [9.17, 15) is 15.0 Å². The van der Waals surface area contributed by atoms with Gasteiger partial charge in [0.2, 0.25) is 5.78 Å². The SMILES string of the molecule is COc1cc2c(cc1OC)C1(O)C(=O)c3ccc4c(c3OC1CO2)C=CC(C)(CO)O4. The van der Waals surface area contributed by atoms with Gasteiger partial charge in [-0.15, -0.1) is 0 Å². The zero-order chi connectivity index (χ0) is 22.0. The summed E-state index contributed by atoms with van der Waals surface area (Å²) < 4.78 is 28.5. The highest BCUT2D eigenvalue weighted by Crippen LogP contribution is 2.51. The molecule has 0 aliphatic carbocycles. The van der Waals surface area contributed by atoms with Gasteiger partial charge in [-0.3, -0.25) is 4.79 Å². The van der Waals surface area contributed by atoms with E-state index in [0.29, 0.717) is 34.3 Å². The van der Waals surface area contributed by atoms with Gasteiger partial charge in [0.05, 0.1) is 32.0 Å². The Kier molecular flexibility index (Phi) is 4.22. The van der Waals surface area contributed by atoms with Gasteiger partial charge in [-0.2, -0.15) is 0 Å². The summed E-state index contributed by atoms with van der Waals surface area (Å²) in [5, 5.41) is 21.2. The molecule has 31 heavy (non-hydrogen) atoms. The van der Waals surface area contributed by atoms with Crippen molar-refractivity contribution in [3.05, 3.63) is 47.0 Å². The van der Waals surface area contributed by atoms with Crippen LogP contribution in [0.4, 0.5) is 0 Å². The van der Waals surface area contributed by atoms with Crippen LogP contribution < -0.4 is 23.7 Å². The van der Waals surface area contributed by atoms with E-state index in [1.165, 1.54) is 14.2 Å². The van der Waals surface area contributed by atoms with Gasteiger partial charge in [-0.1, -0.05) is 0 Å². The number of Topliss-reactive ketones (excluding diaryl/α,β-unsaturated/α-hetero) is 1. The second-order valence-corrected chi connectivity index (χ2v) is 7.98. The molecule has 0 fully saturated rings. The highest BCUT2D eigenvalue weighted by atomic mass is 16.6. The van der Waals surface area contributed by atoms with Crippen LogP contribution in [-0.2, 0) is 5.60 Å². The van der Waals surface area contributed by atoms with Gasteiger partial charge in [-0.25, -0.2) is 0 Å². The summed E-state index contributed by atoms with van der Waals surface area (Å²) in [5.41, 5.74) is -1.73. The number of rotatable bonds is 3. The predicted molar refractivity (Wildman–Crippen MR) is 109 cm³/mol. The summed E-state index contributed by atoms with van der Waals surface area (Å²) in [6.07, 6.45) is 2.51. The topological polar surface area (TPSA) is 104 Å². The number of methoxy groups -OCH3 is 2. The lowest BCUT2D eigenvalue weighted by molar-refractivity contribution is -0.0802. The quantitative estimate of drug-likeness (QED) is 0.769. The van der Waals surface area contributed by atoms with Crippen molar-refractivity contribution in [3.8, 4) is 28.7 Å². The molecule has 162 valence electrons. The number of aliphatic hydroxyl groups excluding tert-OH is 1.